The molecule has 2 rings (SSSR count). The number of hydrogen-bond acceptors (Lipinski definition) is 3. The number of hydrogen-bond donors (Lipinski definition) is 2. The van der Waals surface area contributed by atoms with E-state index in [1.165, 1.54) is 11.3 Å². The number of anilines is 1. The number of fused-ring (bicyclic) bond motifs is 1. The van der Waals surface area contributed by atoms with Crippen molar-refractivity contribution in [1.29, 1.82) is 0 Å². The third-order valence-electron chi connectivity index (χ3n) is 3.51. The molecule has 0 spiro atoms. The van der Waals surface area contributed by atoms with Crippen molar-refractivity contribution in [3.63, 3.8) is 0 Å². The fourth-order valence-corrected chi connectivity index (χ4v) is 2.53. The van der Waals surface area contributed by atoms with Crippen molar-refractivity contribution in [3.05, 3.63) is 29.8 Å². The van der Waals surface area contributed by atoms with Crippen LogP contribution in [0.2, 0.25) is 0 Å². The predicted molar refractivity (Wildman–Crippen MR) is 73.3 cm³/mol. The van der Waals surface area contributed by atoms with Crippen molar-refractivity contribution in [2.45, 2.75) is 25.8 Å². The maximum absolute atomic E-state index is 11.4. The van der Waals surface area contributed by atoms with E-state index in [1.54, 1.807) is 6.92 Å². The van der Waals surface area contributed by atoms with Crippen LogP contribution in [0, 0.1) is 5.92 Å². The Bertz CT molecular complexity index is 456. The van der Waals surface area contributed by atoms with Crippen molar-refractivity contribution in [2.75, 3.05) is 18.0 Å². The van der Waals surface area contributed by atoms with Crippen molar-refractivity contribution >= 4 is 11.6 Å². The van der Waals surface area contributed by atoms with Gasteiger partial charge in [0.15, 0.2) is 0 Å². The van der Waals surface area contributed by atoms with E-state index >= 15 is 0 Å². The van der Waals surface area contributed by atoms with Crippen LogP contribution in [0.5, 0.6) is 0 Å². The van der Waals surface area contributed by atoms with Gasteiger partial charge >= 0.3 is 0 Å². The van der Waals surface area contributed by atoms with Gasteiger partial charge in [-0.15, -0.1) is 0 Å². The summed E-state index contributed by atoms with van der Waals surface area (Å²) in [5, 5.41) is 0. The van der Waals surface area contributed by atoms with Gasteiger partial charge in [-0.1, -0.05) is 25.1 Å². The molecule has 1 aliphatic rings. The summed E-state index contributed by atoms with van der Waals surface area (Å²) in [4.78, 5) is 13.5. The zero-order valence-corrected chi connectivity index (χ0v) is 11.0. The van der Waals surface area contributed by atoms with Gasteiger partial charge in [-0.25, -0.2) is 0 Å². The Labute approximate surface area is 108 Å². The normalized spacial score (nSPS) is 22.2. The van der Waals surface area contributed by atoms with Gasteiger partial charge < -0.3 is 16.4 Å². The monoisotopic (exact) mass is 247 g/mol. The van der Waals surface area contributed by atoms with Gasteiger partial charge in [0.2, 0.25) is 5.91 Å². The van der Waals surface area contributed by atoms with Crippen LogP contribution in [0.3, 0.4) is 0 Å². The van der Waals surface area contributed by atoms with Gasteiger partial charge in [-0.05, 0) is 30.9 Å². The first-order valence-electron chi connectivity index (χ1n) is 6.32. The molecule has 1 aromatic carbocycles. The second kappa shape index (κ2) is 4.61. The number of carbonyl (C=O) groups excluding carboxylic acids is 1. The zero-order chi connectivity index (χ0) is 13.3. The Morgan fingerprint density at radius 2 is 2.17 bits per heavy atom. The summed E-state index contributed by atoms with van der Waals surface area (Å²) in [6.45, 7) is 5.28. The molecule has 98 valence electrons. The molecule has 0 aliphatic carbocycles. The Kier molecular flexibility index (Phi) is 3.30. The molecule has 2 atom stereocenters. The van der Waals surface area contributed by atoms with E-state index in [4.69, 9.17) is 11.5 Å². The first kappa shape index (κ1) is 12.9. The lowest BCUT2D eigenvalue weighted by Gasteiger charge is -2.38. The molecule has 2 unspecified atom stereocenters. The molecule has 0 fully saturated rings. The molecule has 1 amide bonds. The number of para-hydroxylation sites is 1. The van der Waals surface area contributed by atoms with Crippen LogP contribution in [-0.4, -0.2) is 24.5 Å². The Morgan fingerprint density at radius 1 is 1.50 bits per heavy atom. The number of nitrogens with two attached hydrogens (primary N) is 2. The van der Waals surface area contributed by atoms with E-state index in [9.17, 15) is 4.79 Å². The minimum absolute atomic E-state index is 0.460. The summed E-state index contributed by atoms with van der Waals surface area (Å²) in [6.07, 6.45) is 1.07. The summed E-state index contributed by atoms with van der Waals surface area (Å²) in [5.41, 5.74) is 12.8. The van der Waals surface area contributed by atoms with Crippen LogP contribution >= 0.6 is 0 Å². The quantitative estimate of drug-likeness (QED) is 0.833. The SMILES string of the molecule is CC1Cc2ccccc2N(CC(C)(N)C(N)=O)C1. The molecule has 0 saturated heterocycles. The summed E-state index contributed by atoms with van der Waals surface area (Å²) >= 11 is 0. The van der Waals surface area contributed by atoms with Gasteiger partial charge in [0.1, 0.15) is 5.54 Å². The summed E-state index contributed by atoms with van der Waals surface area (Å²) in [5.74, 6) is 0.0989. The second-order valence-corrected chi connectivity index (χ2v) is 5.60. The predicted octanol–water partition coefficient (Wildman–Crippen LogP) is 0.888. The van der Waals surface area contributed by atoms with Crippen LogP contribution in [0.15, 0.2) is 24.3 Å². The fraction of sp³-hybridized carbons (Fsp3) is 0.500. The van der Waals surface area contributed by atoms with Crippen LogP contribution in [0.25, 0.3) is 0 Å². The summed E-state index contributed by atoms with van der Waals surface area (Å²) in [6, 6.07) is 8.28. The first-order chi connectivity index (χ1) is 8.40. The van der Waals surface area contributed by atoms with E-state index in [0.29, 0.717) is 12.5 Å². The van der Waals surface area contributed by atoms with E-state index in [1.807, 2.05) is 12.1 Å². The molecule has 0 radical (unpaired) electrons. The number of nitrogens with zero attached hydrogens (tertiary/aromatic N) is 1. The lowest BCUT2D eigenvalue weighted by molar-refractivity contribution is -0.122. The number of benzene rings is 1. The average molecular weight is 247 g/mol. The minimum atomic E-state index is -0.996. The molecular formula is C14H21N3O. The maximum atomic E-state index is 11.4. The van der Waals surface area contributed by atoms with Gasteiger partial charge in [-0.2, -0.15) is 0 Å². The highest BCUT2D eigenvalue weighted by atomic mass is 16.1. The number of carbonyl (C=O) groups is 1. The minimum Gasteiger partial charge on any atom is -0.369 e. The van der Waals surface area contributed by atoms with Crippen molar-refractivity contribution < 1.29 is 4.79 Å². The highest BCUT2D eigenvalue weighted by Crippen LogP contribution is 2.30. The molecule has 1 aliphatic heterocycles. The Hall–Kier alpha value is -1.55. The standard InChI is InChI=1S/C14H21N3O/c1-10-7-11-5-3-4-6-12(11)17(8-10)9-14(2,16)13(15)18/h3-6,10H,7-9,16H2,1-2H3,(H2,15,18). The van der Waals surface area contributed by atoms with Gasteiger partial charge in [-0.3, -0.25) is 4.79 Å². The van der Waals surface area contributed by atoms with Crippen molar-refractivity contribution in [2.24, 2.45) is 17.4 Å². The molecule has 18 heavy (non-hydrogen) atoms. The van der Waals surface area contributed by atoms with Crippen molar-refractivity contribution in [1.82, 2.24) is 0 Å². The van der Waals surface area contributed by atoms with E-state index in [0.717, 1.165) is 13.0 Å². The Balaban J connectivity index is 2.27. The summed E-state index contributed by atoms with van der Waals surface area (Å²) < 4.78 is 0. The average Bonchev–Trinajstić information content (AvgIpc) is 2.28. The molecular weight excluding hydrogens is 226 g/mol. The zero-order valence-electron chi connectivity index (χ0n) is 11.0. The van der Waals surface area contributed by atoms with E-state index < -0.39 is 11.4 Å². The van der Waals surface area contributed by atoms with Crippen LogP contribution in [0.1, 0.15) is 19.4 Å². The van der Waals surface area contributed by atoms with Crippen LogP contribution < -0.4 is 16.4 Å². The topological polar surface area (TPSA) is 72.3 Å². The Morgan fingerprint density at radius 3 is 2.83 bits per heavy atom. The maximum Gasteiger partial charge on any atom is 0.239 e. The van der Waals surface area contributed by atoms with Crippen LogP contribution in [0.4, 0.5) is 5.69 Å². The van der Waals surface area contributed by atoms with Gasteiger partial charge in [0.05, 0.1) is 0 Å². The fourth-order valence-electron chi connectivity index (χ4n) is 2.53. The molecule has 0 bridgehead atoms. The molecule has 1 heterocycles. The number of primary amides is 1. The first-order valence-corrected chi connectivity index (χ1v) is 6.32. The largest absolute Gasteiger partial charge is 0.369 e. The smallest absolute Gasteiger partial charge is 0.239 e. The number of rotatable bonds is 3. The molecule has 4 heteroatoms. The highest BCUT2D eigenvalue weighted by Gasteiger charge is 2.31. The molecule has 4 N–H and O–H groups in total. The molecule has 1 aromatic rings. The molecule has 0 saturated carbocycles. The van der Waals surface area contributed by atoms with Gasteiger partial charge in [0, 0.05) is 18.8 Å². The second-order valence-electron chi connectivity index (χ2n) is 5.60. The van der Waals surface area contributed by atoms with Crippen LogP contribution in [-0.2, 0) is 11.2 Å². The highest BCUT2D eigenvalue weighted by molar-refractivity contribution is 5.84. The molecule has 0 aromatic heterocycles. The van der Waals surface area contributed by atoms with Gasteiger partial charge in [0.25, 0.3) is 0 Å². The number of amides is 1. The third kappa shape index (κ3) is 2.48. The van der Waals surface area contributed by atoms with E-state index in [2.05, 4.69) is 24.0 Å². The lowest BCUT2D eigenvalue weighted by atomic mass is 9.92. The van der Waals surface area contributed by atoms with E-state index in [-0.39, 0.29) is 0 Å². The van der Waals surface area contributed by atoms with Crippen molar-refractivity contribution in [3.8, 4) is 0 Å². The molecule has 4 nitrogen and oxygen atoms in total. The lowest BCUT2D eigenvalue weighted by Crippen LogP contribution is -2.58. The summed E-state index contributed by atoms with van der Waals surface area (Å²) in [7, 11) is 0. The third-order valence-corrected chi connectivity index (χ3v) is 3.51.